The van der Waals surface area contributed by atoms with Gasteiger partial charge in [-0.15, -0.1) is 0 Å². The van der Waals surface area contributed by atoms with Gasteiger partial charge in [0.1, 0.15) is 6.61 Å². The molecule has 1 aliphatic heterocycles. The van der Waals surface area contributed by atoms with Crippen molar-refractivity contribution in [3.05, 3.63) is 60.7 Å². The van der Waals surface area contributed by atoms with Crippen molar-refractivity contribution in [2.24, 2.45) is 5.92 Å². The summed E-state index contributed by atoms with van der Waals surface area (Å²) in [6.07, 6.45) is -2.77. The maximum absolute atomic E-state index is 11.9. The van der Waals surface area contributed by atoms with E-state index in [-0.39, 0.29) is 18.3 Å². The van der Waals surface area contributed by atoms with Crippen LogP contribution in [-0.4, -0.2) is 57.9 Å². The molecule has 1 aliphatic rings. The van der Waals surface area contributed by atoms with Crippen LogP contribution in [0.25, 0.3) is 0 Å². The maximum atomic E-state index is 11.9. The van der Waals surface area contributed by atoms with Gasteiger partial charge in [-0.25, -0.2) is 0 Å². The Morgan fingerprint density at radius 3 is 1.73 bits per heavy atom. The van der Waals surface area contributed by atoms with Crippen LogP contribution < -0.4 is 10.4 Å². The first-order valence-corrected chi connectivity index (χ1v) is 14.2. The number of benzene rings is 2. The molecule has 9 heteroatoms. The molecule has 0 amide bonds. The van der Waals surface area contributed by atoms with Gasteiger partial charge in [0.05, 0.1) is 18.6 Å². The van der Waals surface area contributed by atoms with Gasteiger partial charge >= 0.3 is 17.9 Å². The summed E-state index contributed by atoms with van der Waals surface area (Å²) in [4.78, 5) is 35.3. The molecular formula is C28H36O8Si. The van der Waals surface area contributed by atoms with E-state index >= 15 is 0 Å². The largest absolute Gasteiger partial charge is 0.465 e. The van der Waals surface area contributed by atoms with Gasteiger partial charge in [0, 0.05) is 20.8 Å². The van der Waals surface area contributed by atoms with Crippen LogP contribution in [0, 0.1) is 5.92 Å². The number of rotatable bonds is 9. The molecule has 0 aliphatic carbocycles. The fourth-order valence-electron chi connectivity index (χ4n) is 4.90. The number of ether oxygens (including phenoxy) is 4. The Balaban J connectivity index is 2.02. The van der Waals surface area contributed by atoms with Crippen molar-refractivity contribution in [3.8, 4) is 0 Å². The molecule has 8 nitrogen and oxygen atoms in total. The van der Waals surface area contributed by atoms with Gasteiger partial charge in [-0.1, -0.05) is 81.4 Å². The van der Waals surface area contributed by atoms with Gasteiger partial charge in [-0.05, 0) is 15.4 Å². The molecule has 0 aromatic heterocycles. The molecule has 200 valence electrons. The molecule has 0 bridgehead atoms. The van der Waals surface area contributed by atoms with E-state index in [4.69, 9.17) is 23.4 Å². The quantitative estimate of drug-likeness (QED) is 0.278. The molecule has 1 saturated heterocycles. The van der Waals surface area contributed by atoms with Gasteiger partial charge < -0.3 is 23.4 Å². The summed E-state index contributed by atoms with van der Waals surface area (Å²) < 4.78 is 29.2. The monoisotopic (exact) mass is 528 g/mol. The van der Waals surface area contributed by atoms with Crippen molar-refractivity contribution in [3.63, 3.8) is 0 Å². The average molecular weight is 529 g/mol. The van der Waals surface area contributed by atoms with Crippen molar-refractivity contribution in [2.75, 3.05) is 13.2 Å². The zero-order valence-corrected chi connectivity index (χ0v) is 23.3. The summed E-state index contributed by atoms with van der Waals surface area (Å²) >= 11 is 0. The number of esters is 3. The summed E-state index contributed by atoms with van der Waals surface area (Å²) in [7, 11) is -2.90. The van der Waals surface area contributed by atoms with Crippen molar-refractivity contribution < 1.29 is 37.8 Å². The molecule has 2 aromatic rings. The lowest BCUT2D eigenvalue weighted by Crippen LogP contribution is -2.67. The van der Waals surface area contributed by atoms with E-state index in [1.165, 1.54) is 20.8 Å². The van der Waals surface area contributed by atoms with E-state index in [0.29, 0.717) is 0 Å². The van der Waals surface area contributed by atoms with E-state index in [9.17, 15) is 14.4 Å². The molecule has 1 heterocycles. The van der Waals surface area contributed by atoms with Gasteiger partial charge in [0.25, 0.3) is 8.32 Å². The number of carbonyl (C=O) groups excluding carboxylic acids is 3. The van der Waals surface area contributed by atoms with E-state index < -0.39 is 50.6 Å². The Bertz CT molecular complexity index is 1030. The van der Waals surface area contributed by atoms with Crippen molar-refractivity contribution >= 4 is 36.6 Å². The summed E-state index contributed by atoms with van der Waals surface area (Å²) in [6, 6.07) is 20.3. The van der Waals surface area contributed by atoms with Gasteiger partial charge in [-0.2, -0.15) is 0 Å². The van der Waals surface area contributed by atoms with E-state index in [0.717, 1.165) is 10.4 Å². The lowest BCUT2D eigenvalue weighted by Gasteiger charge is -2.43. The van der Waals surface area contributed by atoms with Crippen LogP contribution >= 0.6 is 0 Å². The number of hydrogen-bond acceptors (Lipinski definition) is 8. The van der Waals surface area contributed by atoms with E-state index in [1.54, 1.807) is 0 Å². The van der Waals surface area contributed by atoms with Crippen LogP contribution in [0.15, 0.2) is 60.7 Å². The SMILES string of the molecule is CC(=O)OC[C@@H]1[C@@H](CO[Si](c2ccccc2)(c2ccccc2)C(C)(C)C)OC(OC(C)=O)[C@@H]1OC(C)=O. The summed E-state index contributed by atoms with van der Waals surface area (Å²) in [5, 5.41) is 1.91. The van der Waals surface area contributed by atoms with Crippen molar-refractivity contribution in [1.29, 1.82) is 0 Å². The smallest absolute Gasteiger partial charge is 0.305 e. The zero-order valence-electron chi connectivity index (χ0n) is 22.3. The molecular weight excluding hydrogens is 492 g/mol. The first-order valence-electron chi connectivity index (χ1n) is 12.3. The van der Waals surface area contributed by atoms with Crippen LogP contribution in [0.4, 0.5) is 0 Å². The molecule has 0 spiro atoms. The fourth-order valence-corrected chi connectivity index (χ4v) is 9.47. The highest BCUT2D eigenvalue weighted by molar-refractivity contribution is 6.99. The Morgan fingerprint density at radius 1 is 0.784 bits per heavy atom. The third kappa shape index (κ3) is 6.66. The zero-order chi connectivity index (χ0) is 27.2. The first kappa shape index (κ1) is 28.6. The molecule has 0 saturated carbocycles. The minimum Gasteiger partial charge on any atom is -0.465 e. The first-order chi connectivity index (χ1) is 17.5. The Morgan fingerprint density at radius 2 is 1.30 bits per heavy atom. The lowest BCUT2D eigenvalue weighted by molar-refractivity contribution is -0.195. The highest BCUT2D eigenvalue weighted by Crippen LogP contribution is 2.38. The molecule has 3 rings (SSSR count). The Kier molecular flexibility index (Phi) is 9.28. The summed E-state index contributed by atoms with van der Waals surface area (Å²) in [5.41, 5.74) is 0. The maximum Gasteiger partial charge on any atom is 0.305 e. The van der Waals surface area contributed by atoms with Gasteiger partial charge in [-0.3, -0.25) is 14.4 Å². The lowest BCUT2D eigenvalue weighted by atomic mass is 9.99. The predicted octanol–water partition coefficient (Wildman–Crippen LogP) is 2.96. The normalized spacial score (nSPS) is 21.8. The number of hydrogen-bond donors (Lipinski definition) is 0. The molecule has 4 atom stereocenters. The fraction of sp³-hybridized carbons (Fsp3) is 0.464. The third-order valence-corrected chi connectivity index (χ3v) is 11.4. The third-order valence-electron chi connectivity index (χ3n) is 6.42. The van der Waals surface area contributed by atoms with Gasteiger partial charge in [0.15, 0.2) is 6.10 Å². The summed E-state index contributed by atoms with van der Waals surface area (Å²) in [6.45, 7) is 10.3. The van der Waals surface area contributed by atoms with Crippen LogP contribution in [-0.2, 0) is 37.8 Å². The van der Waals surface area contributed by atoms with E-state index in [2.05, 4.69) is 45.0 Å². The number of carbonyl (C=O) groups is 3. The van der Waals surface area contributed by atoms with Crippen LogP contribution in [0.3, 0.4) is 0 Å². The van der Waals surface area contributed by atoms with Crippen LogP contribution in [0.1, 0.15) is 41.5 Å². The van der Waals surface area contributed by atoms with Crippen LogP contribution in [0.2, 0.25) is 5.04 Å². The van der Waals surface area contributed by atoms with E-state index in [1.807, 2.05) is 36.4 Å². The molecule has 1 fully saturated rings. The molecule has 0 N–H and O–H groups in total. The standard InChI is InChI=1S/C28H36O8Si/c1-19(29)32-17-24-25(36-27(35-21(3)31)26(24)34-20(2)30)18-33-37(28(4,5)6,22-13-9-7-10-14-22)23-15-11-8-12-16-23/h7-16,24-27H,17-18H2,1-6H3/t24-,25-,26-,27?/m1/s1. The van der Waals surface area contributed by atoms with Crippen molar-refractivity contribution in [1.82, 2.24) is 0 Å². The Labute approximate surface area is 219 Å². The minimum atomic E-state index is -2.90. The second kappa shape index (κ2) is 12.0. The van der Waals surface area contributed by atoms with Crippen molar-refractivity contribution in [2.45, 2.75) is 65.1 Å². The second-order valence-electron chi connectivity index (χ2n) is 10.2. The molecule has 37 heavy (non-hydrogen) atoms. The second-order valence-corrected chi connectivity index (χ2v) is 14.5. The minimum absolute atomic E-state index is 0.0835. The topological polar surface area (TPSA) is 97.4 Å². The predicted molar refractivity (Wildman–Crippen MR) is 140 cm³/mol. The highest BCUT2D eigenvalue weighted by Gasteiger charge is 2.54. The highest BCUT2D eigenvalue weighted by atomic mass is 28.4. The van der Waals surface area contributed by atoms with Gasteiger partial charge in [0.2, 0.25) is 6.29 Å². The van der Waals surface area contributed by atoms with Crippen LogP contribution in [0.5, 0.6) is 0 Å². The molecule has 2 aromatic carbocycles. The average Bonchev–Trinajstić information content (AvgIpc) is 3.13. The molecule has 1 unspecified atom stereocenters. The summed E-state index contributed by atoms with van der Waals surface area (Å²) in [5.74, 6) is -2.23. The molecule has 0 radical (unpaired) electrons. The Hall–Kier alpha value is -3.01.